The first-order chi connectivity index (χ1) is 12.1. The third-order valence-corrected chi connectivity index (χ3v) is 5.15. The van der Waals surface area contributed by atoms with Crippen LogP contribution in [0.2, 0.25) is 0 Å². The summed E-state index contributed by atoms with van der Waals surface area (Å²) in [6.45, 7) is 8.19. The van der Waals surface area contributed by atoms with Crippen molar-refractivity contribution in [2.24, 2.45) is 0 Å². The van der Waals surface area contributed by atoms with Crippen molar-refractivity contribution in [2.45, 2.75) is 32.4 Å². The fourth-order valence-corrected chi connectivity index (χ4v) is 3.36. The Morgan fingerprint density at radius 2 is 2.00 bits per heavy atom. The van der Waals surface area contributed by atoms with Crippen LogP contribution in [0, 0.1) is 0 Å². The Balaban J connectivity index is 1.37. The lowest BCUT2D eigenvalue weighted by Gasteiger charge is -2.36. The first-order valence-corrected chi connectivity index (χ1v) is 9.22. The SMILES string of the molecule is CC(CCNC(=O)CCn1cnc2ccccc21)N1CCN(C)CC1. The Hall–Kier alpha value is -1.92. The van der Waals surface area contributed by atoms with Crippen LogP contribution in [0.1, 0.15) is 19.8 Å². The van der Waals surface area contributed by atoms with E-state index in [9.17, 15) is 4.79 Å². The van der Waals surface area contributed by atoms with Gasteiger partial charge in [0.25, 0.3) is 0 Å². The minimum absolute atomic E-state index is 0.114. The molecule has 1 aliphatic heterocycles. The monoisotopic (exact) mass is 343 g/mol. The number of carbonyl (C=O) groups excluding carboxylic acids is 1. The molecule has 2 heterocycles. The van der Waals surface area contributed by atoms with Crippen molar-refractivity contribution in [1.82, 2.24) is 24.7 Å². The molecule has 0 radical (unpaired) electrons. The van der Waals surface area contributed by atoms with Gasteiger partial charge in [-0.2, -0.15) is 0 Å². The summed E-state index contributed by atoms with van der Waals surface area (Å²) in [6, 6.07) is 8.53. The number of likely N-dealkylation sites (N-methyl/N-ethyl adjacent to an activating group) is 1. The zero-order valence-corrected chi connectivity index (χ0v) is 15.3. The number of amides is 1. The van der Waals surface area contributed by atoms with Crippen LogP contribution >= 0.6 is 0 Å². The zero-order valence-electron chi connectivity index (χ0n) is 15.3. The van der Waals surface area contributed by atoms with Gasteiger partial charge in [-0.1, -0.05) is 12.1 Å². The number of para-hydroxylation sites is 2. The molecule has 2 aromatic rings. The number of hydrogen-bond acceptors (Lipinski definition) is 4. The average molecular weight is 343 g/mol. The van der Waals surface area contributed by atoms with Crippen molar-refractivity contribution >= 4 is 16.9 Å². The van der Waals surface area contributed by atoms with Crippen molar-refractivity contribution in [2.75, 3.05) is 39.8 Å². The van der Waals surface area contributed by atoms with Crippen molar-refractivity contribution in [3.05, 3.63) is 30.6 Å². The van der Waals surface area contributed by atoms with Crippen LogP contribution in [-0.4, -0.2) is 71.1 Å². The molecule has 0 saturated carbocycles. The molecule has 1 aromatic heterocycles. The summed E-state index contributed by atoms with van der Waals surface area (Å²) in [5.74, 6) is 0.114. The lowest BCUT2D eigenvalue weighted by atomic mass is 10.1. The van der Waals surface area contributed by atoms with E-state index in [1.807, 2.05) is 35.2 Å². The van der Waals surface area contributed by atoms with E-state index in [0.29, 0.717) is 19.0 Å². The van der Waals surface area contributed by atoms with Gasteiger partial charge in [0.2, 0.25) is 5.91 Å². The average Bonchev–Trinajstić information content (AvgIpc) is 3.03. The van der Waals surface area contributed by atoms with Gasteiger partial charge in [0, 0.05) is 51.7 Å². The van der Waals surface area contributed by atoms with E-state index >= 15 is 0 Å². The van der Waals surface area contributed by atoms with E-state index in [4.69, 9.17) is 0 Å². The van der Waals surface area contributed by atoms with Gasteiger partial charge in [0.05, 0.1) is 17.4 Å². The van der Waals surface area contributed by atoms with Crippen molar-refractivity contribution in [3.63, 3.8) is 0 Å². The Morgan fingerprint density at radius 3 is 2.80 bits per heavy atom. The number of fused-ring (bicyclic) bond motifs is 1. The number of piperazine rings is 1. The number of hydrogen-bond donors (Lipinski definition) is 1. The lowest BCUT2D eigenvalue weighted by molar-refractivity contribution is -0.121. The number of nitrogens with zero attached hydrogens (tertiary/aromatic N) is 4. The molecule has 6 heteroatoms. The van der Waals surface area contributed by atoms with E-state index in [1.54, 1.807) is 0 Å². The van der Waals surface area contributed by atoms with E-state index in [0.717, 1.165) is 50.2 Å². The molecule has 1 fully saturated rings. The predicted octanol–water partition coefficient (Wildman–Crippen LogP) is 1.57. The van der Waals surface area contributed by atoms with Crippen LogP contribution in [0.15, 0.2) is 30.6 Å². The van der Waals surface area contributed by atoms with Crippen LogP contribution < -0.4 is 5.32 Å². The van der Waals surface area contributed by atoms with Crippen LogP contribution in [-0.2, 0) is 11.3 Å². The molecular weight excluding hydrogens is 314 g/mol. The Kier molecular flexibility index (Phi) is 6.04. The molecule has 136 valence electrons. The lowest BCUT2D eigenvalue weighted by Crippen LogP contribution is -2.48. The maximum Gasteiger partial charge on any atom is 0.221 e. The van der Waals surface area contributed by atoms with E-state index in [1.165, 1.54) is 0 Å². The van der Waals surface area contributed by atoms with Gasteiger partial charge in [-0.15, -0.1) is 0 Å². The highest BCUT2D eigenvalue weighted by molar-refractivity contribution is 5.77. The molecular formula is C19H29N5O. The topological polar surface area (TPSA) is 53.4 Å². The van der Waals surface area contributed by atoms with Gasteiger partial charge >= 0.3 is 0 Å². The number of imidazole rings is 1. The van der Waals surface area contributed by atoms with Crippen LogP contribution in [0.4, 0.5) is 0 Å². The second kappa shape index (κ2) is 8.45. The fraction of sp³-hybridized carbons (Fsp3) is 0.579. The number of nitrogens with one attached hydrogen (secondary N) is 1. The normalized spacial score (nSPS) is 17.7. The molecule has 1 amide bonds. The highest BCUT2D eigenvalue weighted by Crippen LogP contribution is 2.12. The standard InChI is InChI=1S/C19H29N5O/c1-16(23-13-11-22(2)12-14-23)7-9-20-19(25)8-10-24-15-21-17-5-3-4-6-18(17)24/h3-6,15-16H,7-14H2,1-2H3,(H,20,25). The van der Waals surface area contributed by atoms with Gasteiger partial charge in [-0.25, -0.2) is 4.98 Å². The minimum Gasteiger partial charge on any atom is -0.356 e. The summed E-state index contributed by atoms with van der Waals surface area (Å²) in [5, 5.41) is 3.06. The molecule has 25 heavy (non-hydrogen) atoms. The van der Waals surface area contributed by atoms with Gasteiger partial charge in [0.1, 0.15) is 0 Å². The van der Waals surface area contributed by atoms with Crippen LogP contribution in [0.25, 0.3) is 11.0 Å². The van der Waals surface area contributed by atoms with Gasteiger partial charge in [-0.05, 0) is 32.5 Å². The fourth-order valence-electron chi connectivity index (χ4n) is 3.36. The van der Waals surface area contributed by atoms with Gasteiger partial charge < -0.3 is 14.8 Å². The molecule has 6 nitrogen and oxygen atoms in total. The molecule has 3 rings (SSSR count). The number of aryl methyl sites for hydroxylation is 1. The first kappa shape index (κ1) is 17.9. The molecule has 0 aliphatic carbocycles. The largest absolute Gasteiger partial charge is 0.356 e. The van der Waals surface area contributed by atoms with E-state index in [2.05, 4.69) is 34.1 Å². The van der Waals surface area contributed by atoms with Gasteiger partial charge in [0.15, 0.2) is 0 Å². The number of carbonyl (C=O) groups is 1. The molecule has 0 spiro atoms. The first-order valence-electron chi connectivity index (χ1n) is 9.22. The molecule has 1 aromatic carbocycles. The summed E-state index contributed by atoms with van der Waals surface area (Å²) in [7, 11) is 2.17. The van der Waals surface area contributed by atoms with E-state index in [-0.39, 0.29) is 5.91 Å². The summed E-state index contributed by atoms with van der Waals surface area (Å²) < 4.78 is 2.04. The van der Waals surface area contributed by atoms with Crippen LogP contribution in [0.5, 0.6) is 0 Å². The number of benzene rings is 1. The Morgan fingerprint density at radius 1 is 1.24 bits per heavy atom. The molecule has 1 aliphatic rings. The maximum atomic E-state index is 12.1. The quantitative estimate of drug-likeness (QED) is 0.829. The smallest absolute Gasteiger partial charge is 0.221 e. The summed E-state index contributed by atoms with van der Waals surface area (Å²) in [5.41, 5.74) is 2.06. The third-order valence-electron chi connectivity index (χ3n) is 5.15. The predicted molar refractivity (Wildman–Crippen MR) is 101 cm³/mol. The Labute approximate surface area is 149 Å². The van der Waals surface area contributed by atoms with Crippen LogP contribution in [0.3, 0.4) is 0 Å². The second-order valence-electron chi connectivity index (χ2n) is 7.00. The molecule has 1 atom stereocenters. The number of rotatable bonds is 7. The second-order valence-corrected chi connectivity index (χ2v) is 7.00. The zero-order chi connectivity index (χ0) is 17.6. The highest BCUT2D eigenvalue weighted by Gasteiger charge is 2.18. The van der Waals surface area contributed by atoms with E-state index < -0.39 is 0 Å². The van der Waals surface area contributed by atoms with Crippen molar-refractivity contribution in [1.29, 1.82) is 0 Å². The third kappa shape index (κ3) is 4.80. The summed E-state index contributed by atoms with van der Waals surface area (Å²) >= 11 is 0. The number of aromatic nitrogens is 2. The summed E-state index contributed by atoms with van der Waals surface area (Å²) in [4.78, 5) is 21.4. The van der Waals surface area contributed by atoms with Crippen molar-refractivity contribution in [3.8, 4) is 0 Å². The Bertz CT molecular complexity index is 690. The maximum absolute atomic E-state index is 12.1. The molecule has 1 unspecified atom stereocenters. The minimum atomic E-state index is 0.114. The molecule has 1 saturated heterocycles. The van der Waals surface area contributed by atoms with Crippen molar-refractivity contribution < 1.29 is 4.79 Å². The molecule has 1 N–H and O–H groups in total. The molecule has 0 bridgehead atoms. The highest BCUT2D eigenvalue weighted by atomic mass is 16.1. The summed E-state index contributed by atoms with van der Waals surface area (Å²) in [6.07, 6.45) is 3.31. The van der Waals surface area contributed by atoms with Gasteiger partial charge in [-0.3, -0.25) is 9.69 Å².